The average Bonchev–Trinajstić information content (AvgIpc) is 3.15. The minimum absolute atomic E-state index is 0.0609. The second kappa shape index (κ2) is 10.4. The van der Waals surface area contributed by atoms with Gasteiger partial charge in [0.05, 0.1) is 17.5 Å². The quantitative estimate of drug-likeness (QED) is 0.132. The van der Waals surface area contributed by atoms with E-state index < -0.39 is 41.9 Å². The van der Waals surface area contributed by atoms with Crippen LogP contribution in [0.5, 0.6) is 17.2 Å². The highest BCUT2D eigenvalue weighted by Gasteiger charge is 2.19. The molecule has 2 aromatic carbocycles. The molecule has 0 fully saturated rings. The predicted octanol–water partition coefficient (Wildman–Crippen LogP) is 2.65. The molecule has 0 saturated heterocycles. The number of amides is 1. The lowest BCUT2D eigenvalue weighted by molar-refractivity contribution is -0.149. The van der Waals surface area contributed by atoms with Crippen LogP contribution in [0.15, 0.2) is 47.6 Å². The van der Waals surface area contributed by atoms with Gasteiger partial charge in [-0.2, -0.15) is 5.10 Å². The molecule has 0 unspecified atom stereocenters. The Bertz CT molecular complexity index is 1310. The summed E-state index contributed by atoms with van der Waals surface area (Å²) in [6.45, 7) is 4.30. The molecule has 0 bridgehead atoms. The van der Waals surface area contributed by atoms with Gasteiger partial charge in [-0.15, -0.1) is 0 Å². The van der Waals surface area contributed by atoms with Gasteiger partial charge in [0.25, 0.3) is 5.91 Å². The lowest BCUT2D eigenvalue weighted by Gasteiger charge is -2.15. The Hall–Kier alpha value is -4.80. The first kappa shape index (κ1) is 24.8. The molecule has 3 rings (SSSR count). The topological polar surface area (TPSA) is 160 Å². The highest BCUT2D eigenvalue weighted by Crippen LogP contribution is 2.36. The third kappa shape index (κ3) is 5.58. The summed E-state index contributed by atoms with van der Waals surface area (Å²) in [6.07, 6.45) is 1.09. The number of aromatic hydroxyl groups is 3. The number of hydrogen-bond donors (Lipinski definition) is 4. The lowest BCUT2D eigenvalue weighted by atomic mass is 10.1. The summed E-state index contributed by atoms with van der Waals surface area (Å²) in [6, 6.07) is 10.4. The fourth-order valence-electron chi connectivity index (χ4n) is 3.24. The van der Waals surface area contributed by atoms with Gasteiger partial charge in [-0.05, 0) is 56.3 Å². The second-order valence-corrected chi connectivity index (χ2v) is 7.44. The summed E-state index contributed by atoms with van der Waals surface area (Å²) in [5.41, 5.74) is 4.64. The number of aryl methyl sites for hydroxylation is 2. The van der Waals surface area contributed by atoms with Crippen molar-refractivity contribution in [2.24, 2.45) is 5.10 Å². The molecule has 3 aromatic rings. The Morgan fingerprint density at radius 2 is 1.66 bits per heavy atom. The molecule has 11 heteroatoms. The van der Waals surface area contributed by atoms with E-state index in [-0.39, 0.29) is 16.7 Å². The Balaban J connectivity index is 1.88. The van der Waals surface area contributed by atoms with Crippen molar-refractivity contribution >= 4 is 24.1 Å². The van der Waals surface area contributed by atoms with E-state index in [4.69, 9.17) is 4.74 Å². The van der Waals surface area contributed by atoms with Crippen molar-refractivity contribution in [3.8, 4) is 22.9 Å². The molecule has 35 heavy (non-hydrogen) atoms. The SMILES string of the molecule is CC(=O)OCOC(=O)c1ccc(C(=O)NN=Cc2ccc(O)c(O)c2O)cc1-n1c(C)ccc1C. The second-order valence-electron chi connectivity index (χ2n) is 7.44. The van der Waals surface area contributed by atoms with Crippen LogP contribution < -0.4 is 5.43 Å². The molecule has 0 aliphatic carbocycles. The maximum atomic E-state index is 12.7. The summed E-state index contributed by atoms with van der Waals surface area (Å²) in [7, 11) is 0. The van der Waals surface area contributed by atoms with Crippen LogP contribution >= 0.6 is 0 Å². The van der Waals surface area contributed by atoms with Crippen LogP contribution in [0, 0.1) is 13.8 Å². The zero-order valence-electron chi connectivity index (χ0n) is 19.1. The van der Waals surface area contributed by atoms with Gasteiger partial charge < -0.3 is 29.4 Å². The largest absolute Gasteiger partial charge is 0.504 e. The van der Waals surface area contributed by atoms with Crippen molar-refractivity contribution in [1.29, 1.82) is 0 Å². The zero-order valence-corrected chi connectivity index (χ0v) is 19.1. The molecule has 1 amide bonds. The van der Waals surface area contributed by atoms with Crippen molar-refractivity contribution in [3.05, 3.63) is 70.5 Å². The predicted molar refractivity (Wildman–Crippen MR) is 124 cm³/mol. The van der Waals surface area contributed by atoms with Crippen molar-refractivity contribution in [2.75, 3.05) is 6.79 Å². The first-order valence-corrected chi connectivity index (χ1v) is 10.3. The molecule has 1 aromatic heterocycles. The Labute approximate surface area is 199 Å². The number of aromatic nitrogens is 1. The number of nitrogens with one attached hydrogen (secondary N) is 1. The summed E-state index contributed by atoms with van der Waals surface area (Å²) in [5.74, 6) is -3.77. The van der Waals surface area contributed by atoms with Gasteiger partial charge in [0.1, 0.15) is 0 Å². The van der Waals surface area contributed by atoms with Gasteiger partial charge in [0, 0.05) is 29.4 Å². The summed E-state index contributed by atoms with van der Waals surface area (Å²) in [4.78, 5) is 36.3. The van der Waals surface area contributed by atoms with Crippen molar-refractivity contribution in [1.82, 2.24) is 9.99 Å². The van der Waals surface area contributed by atoms with Crippen LogP contribution in [0.25, 0.3) is 5.69 Å². The number of carbonyl (C=O) groups is 3. The van der Waals surface area contributed by atoms with Crippen LogP contribution in [0.2, 0.25) is 0 Å². The minimum atomic E-state index is -0.749. The molecule has 0 saturated carbocycles. The normalized spacial score (nSPS) is 10.8. The van der Waals surface area contributed by atoms with E-state index >= 15 is 0 Å². The van der Waals surface area contributed by atoms with E-state index in [1.807, 2.05) is 26.0 Å². The van der Waals surface area contributed by atoms with Gasteiger partial charge in [-0.3, -0.25) is 9.59 Å². The zero-order chi connectivity index (χ0) is 25.7. The molecule has 4 N–H and O–H groups in total. The van der Waals surface area contributed by atoms with Crippen LogP contribution in [-0.4, -0.2) is 50.7 Å². The highest BCUT2D eigenvalue weighted by atomic mass is 16.7. The number of phenolic OH excluding ortho intramolecular Hbond substituents is 3. The summed E-state index contributed by atoms with van der Waals surface area (Å²) >= 11 is 0. The molecule has 0 aliphatic heterocycles. The molecule has 0 radical (unpaired) electrons. The first-order chi connectivity index (χ1) is 16.6. The maximum Gasteiger partial charge on any atom is 0.343 e. The van der Waals surface area contributed by atoms with E-state index in [1.54, 1.807) is 4.57 Å². The lowest BCUT2D eigenvalue weighted by Crippen LogP contribution is -2.20. The fourth-order valence-corrected chi connectivity index (χ4v) is 3.24. The van der Waals surface area contributed by atoms with Gasteiger partial charge in [-0.1, -0.05) is 0 Å². The smallest absolute Gasteiger partial charge is 0.343 e. The molecule has 0 spiro atoms. The van der Waals surface area contributed by atoms with Crippen LogP contribution in [-0.2, 0) is 14.3 Å². The first-order valence-electron chi connectivity index (χ1n) is 10.3. The Kier molecular flexibility index (Phi) is 7.40. The third-order valence-electron chi connectivity index (χ3n) is 4.97. The van der Waals surface area contributed by atoms with Gasteiger partial charge in [0.2, 0.25) is 12.5 Å². The van der Waals surface area contributed by atoms with Crippen molar-refractivity contribution in [2.45, 2.75) is 20.8 Å². The number of esters is 2. The fraction of sp³-hybridized carbons (Fsp3) is 0.167. The number of ether oxygens (including phenoxy) is 2. The monoisotopic (exact) mass is 481 g/mol. The average molecular weight is 481 g/mol. The standard InChI is InChI=1S/C24H23N3O8/c1-13-4-5-14(2)27(13)19-10-16(6-8-18(19)24(33)35-12-34-15(3)28)23(32)26-25-11-17-7-9-20(29)22(31)21(17)30/h4-11,29-31H,12H2,1-3H3,(H,26,32). The summed E-state index contributed by atoms with van der Waals surface area (Å²) in [5, 5.41) is 32.6. The molecule has 0 aliphatic rings. The summed E-state index contributed by atoms with van der Waals surface area (Å²) < 4.78 is 11.4. The number of carbonyl (C=O) groups excluding carboxylic acids is 3. The van der Waals surface area contributed by atoms with Crippen LogP contribution in [0.1, 0.15) is 44.6 Å². The number of hydrogen-bond acceptors (Lipinski definition) is 9. The van der Waals surface area contributed by atoms with E-state index in [0.717, 1.165) is 23.7 Å². The van der Waals surface area contributed by atoms with Crippen LogP contribution in [0.3, 0.4) is 0 Å². The van der Waals surface area contributed by atoms with Gasteiger partial charge in [-0.25, -0.2) is 10.2 Å². The number of phenols is 3. The Morgan fingerprint density at radius 1 is 0.971 bits per heavy atom. The molecular formula is C24H23N3O8. The molecular weight excluding hydrogens is 458 g/mol. The number of benzene rings is 2. The van der Waals surface area contributed by atoms with E-state index in [9.17, 15) is 29.7 Å². The number of nitrogens with zero attached hydrogens (tertiary/aromatic N) is 2. The molecule has 11 nitrogen and oxygen atoms in total. The van der Waals surface area contributed by atoms with Crippen molar-refractivity contribution < 1.29 is 39.2 Å². The number of rotatable bonds is 7. The third-order valence-corrected chi connectivity index (χ3v) is 4.97. The maximum absolute atomic E-state index is 12.7. The molecule has 182 valence electrons. The van der Waals surface area contributed by atoms with Crippen LogP contribution in [0.4, 0.5) is 0 Å². The molecule has 0 atom stereocenters. The van der Waals surface area contributed by atoms with E-state index in [0.29, 0.717) is 5.69 Å². The molecule has 1 heterocycles. The highest BCUT2D eigenvalue weighted by molar-refractivity contribution is 5.99. The Morgan fingerprint density at radius 3 is 2.31 bits per heavy atom. The van der Waals surface area contributed by atoms with E-state index in [1.165, 1.54) is 31.2 Å². The number of hydrazone groups is 1. The van der Waals surface area contributed by atoms with Crippen molar-refractivity contribution in [3.63, 3.8) is 0 Å². The minimum Gasteiger partial charge on any atom is -0.504 e. The van der Waals surface area contributed by atoms with Gasteiger partial charge >= 0.3 is 11.9 Å². The van der Waals surface area contributed by atoms with E-state index in [2.05, 4.69) is 15.3 Å². The van der Waals surface area contributed by atoms with Gasteiger partial charge in [0.15, 0.2) is 11.5 Å².